The summed E-state index contributed by atoms with van der Waals surface area (Å²) in [7, 11) is 1.52. The number of carboxylic acids is 1. The van der Waals surface area contributed by atoms with Crippen LogP contribution in [-0.4, -0.2) is 24.1 Å². The number of nitrogens with zero attached hydrogens (tertiary/aromatic N) is 1. The maximum Gasteiger partial charge on any atom is 0.328 e. The van der Waals surface area contributed by atoms with E-state index in [2.05, 4.69) is 4.99 Å². The first kappa shape index (κ1) is 17.9. The van der Waals surface area contributed by atoms with Gasteiger partial charge in [-0.1, -0.05) is 24.3 Å². The van der Waals surface area contributed by atoms with E-state index in [0.717, 1.165) is 6.08 Å². The van der Waals surface area contributed by atoms with Crippen molar-refractivity contribution in [3.05, 3.63) is 71.3 Å². The van der Waals surface area contributed by atoms with Gasteiger partial charge in [-0.25, -0.2) is 9.79 Å². The van der Waals surface area contributed by atoms with Crippen LogP contribution in [0, 0.1) is 0 Å². The van der Waals surface area contributed by atoms with Crippen LogP contribution in [0.15, 0.2) is 64.0 Å². The Bertz CT molecular complexity index is 1130. The van der Waals surface area contributed by atoms with Crippen LogP contribution in [0.5, 0.6) is 5.75 Å². The number of fused-ring (bicyclic) bond motifs is 1. The summed E-state index contributed by atoms with van der Waals surface area (Å²) in [6, 6.07) is 13.7. The smallest absolute Gasteiger partial charge is 0.328 e. The minimum absolute atomic E-state index is 0.0406. The molecule has 1 aromatic heterocycles. The third-order valence-electron chi connectivity index (χ3n) is 3.74. The Morgan fingerprint density at radius 1 is 1.19 bits per heavy atom. The number of primary amides is 1. The normalized spacial score (nSPS) is 11.8. The zero-order valence-corrected chi connectivity index (χ0v) is 14.4. The van der Waals surface area contributed by atoms with Gasteiger partial charge in [-0.3, -0.25) is 4.79 Å². The molecule has 2 aromatic carbocycles. The maximum atomic E-state index is 11.8. The van der Waals surface area contributed by atoms with E-state index in [1.165, 1.54) is 13.2 Å². The number of ether oxygens (including phenoxy) is 1. The van der Waals surface area contributed by atoms with Gasteiger partial charge < -0.3 is 20.0 Å². The second-order valence-corrected chi connectivity index (χ2v) is 5.59. The Morgan fingerprint density at radius 3 is 2.67 bits per heavy atom. The van der Waals surface area contributed by atoms with Crippen LogP contribution in [-0.2, 0) is 4.79 Å². The summed E-state index contributed by atoms with van der Waals surface area (Å²) in [6.07, 6.45) is 2.47. The van der Waals surface area contributed by atoms with Gasteiger partial charge >= 0.3 is 5.97 Å². The number of amides is 1. The highest BCUT2D eigenvalue weighted by molar-refractivity contribution is 5.96. The second kappa shape index (κ2) is 7.57. The standard InChI is InChI=1S/C20H16N2O5/c1-26-16-7-3-5-13-11-15(19(21)25)20(27-18(13)16)22-14-6-2-4-12(10-14)8-9-17(23)24/h2-11H,1H3,(H2,21,25)(H,23,24)/b9-8-,22-20?. The van der Waals surface area contributed by atoms with Gasteiger partial charge in [0.05, 0.1) is 12.8 Å². The van der Waals surface area contributed by atoms with Gasteiger partial charge in [-0.15, -0.1) is 0 Å². The van der Waals surface area contributed by atoms with E-state index in [1.54, 1.807) is 48.5 Å². The zero-order valence-electron chi connectivity index (χ0n) is 14.4. The molecule has 136 valence electrons. The fourth-order valence-corrected chi connectivity index (χ4v) is 2.53. The predicted molar refractivity (Wildman–Crippen MR) is 99.6 cm³/mol. The number of rotatable bonds is 5. The van der Waals surface area contributed by atoms with E-state index in [9.17, 15) is 9.59 Å². The van der Waals surface area contributed by atoms with Gasteiger partial charge in [0, 0.05) is 11.5 Å². The molecule has 3 N–H and O–H groups in total. The van der Waals surface area contributed by atoms with Crippen molar-refractivity contribution in [1.82, 2.24) is 0 Å². The Kier molecular flexibility index (Phi) is 5.03. The molecule has 0 saturated carbocycles. The summed E-state index contributed by atoms with van der Waals surface area (Å²) < 4.78 is 11.1. The molecule has 0 unspecified atom stereocenters. The summed E-state index contributed by atoms with van der Waals surface area (Å²) in [5.74, 6) is -1.23. The number of nitrogens with two attached hydrogens (primary N) is 1. The van der Waals surface area contributed by atoms with Gasteiger partial charge in [0.1, 0.15) is 5.56 Å². The number of benzene rings is 2. The van der Waals surface area contributed by atoms with Crippen LogP contribution in [0.25, 0.3) is 17.0 Å². The molecule has 7 nitrogen and oxygen atoms in total. The SMILES string of the molecule is COc1cccc2cc(C(N)=O)c(=Nc3cccc(/C=C\C(=O)O)c3)oc12. The lowest BCUT2D eigenvalue weighted by atomic mass is 10.1. The van der Waals surface area contributed by atoms with Crippen molar-refractivity contribution >= 4 is 34.6 Å². The molecule has 27 heavy (non-hydrogen) atoms. The third kappa shape index (κ3) is 4.04. The lowest BCUT2D eigenvalue weighted by molar-refractivity contribution is -0.131. The quantitative estimate of drug-likeness (QED) is 0.676. The van der Waals surface area contributed by atoms with Crippen LogP contribution in [0.3, 0.4) is 0 Å². The number of methoxy groups -OCH3 is 1. The fraction of sp³-hybridized carbons (Fsp3) is 0.0500. The van der Waals surface area contributed by atoms with Crippen molar-refractivity contribution in [2.45, 2.75) is 0 Å². The van der Waals surface area contributed by atoms with E-state index >= 15 is 0 Å². The molecule has 0 aliphatic rings. The molecule has 0 fully saturated rings. The Morgan fingerprint density at radius 2 is 1.96 bits per heavy atom. The number of carbonyl (C=O) groups excluding carboxylic acids is 1. The number of aliphatic carboxylic acids is 1. The van der Waals surface area contributed by atoms with Gasteiger partial charge in [0.25, 0.3) is 5.91 Å². The van der Waals surface area contributed by atoms with Crippen molar-refractivity contribution in [3.63, 3.8) is 0 Å². The molecule has 7 heteroatoms. The van der Waals surface area contributed by atoms with Gasteiger partial charge in [0.15, 0.2) is 11.3 Å². The zero-order chi connectivity index (χ0) is 19.4. The minimum atomic E-state index is -1.05. The number of hydrogen-bond donors (Lipinski definition) is 2. The summed E-state index contributed by atoms with van der Waals surface area (Å²) in [5, 5.41) is 9.39. The van der Waals surface area contributed by atoms with Crippen LogP contribution in [0.1, 0.15) is 15.9 Å². The molecule has 1 heterocycles. The first-order chi connectivity index (χ1) is 13.0. The van der Waals surface area contributed by atoms with E-state index in [-0.39, 0.29) is 11.1 Å². The molecule has 0 aliphatic heterocycles. The van der Waals surface area contributed by atoms with Crippen molar-refractivity contribution in [3.8, 4) is 5.75 Å². The van der Waals surface area contributed by atoms with Crippen LogP contribution in [0.2, 0.25) is 0 Å². The lowest BCUT2D eigenvalue weighted by Crippen LogP contribution is -2.21. The average Bonchev–Trinajstić information content (AvgIpc) is 2.65. The van der Waals surface area contributed by atoms with E-state index in [4.69, 9.17) is 20.0 Å². The maximum absolute atomic E-state index is 11.8. The Balaban J connectivity index is 2.20. The molecule has 0 atom stereocenters. The molecular formula is C20H16N2O5. The van der Waals surface area contributed by atoms with E-state index in [0.29, 0.717) is 28.0 Å². The topological polar surface area (TPSA) is 115 Å². The Hall–Kier alpha value is -3.87. The summed E-state index contributed by atoms with van der Waals surface area (Å²) in [5.41, 5.74) is 7.19. The first-order valence-corrected chi connectivity index (χ1v) is 7.94. The summed E-state index contributed by atoms with van der Waals surface area (Å²) >= 11 is 0. The molecule has 0 bridgehead atoms. The Labute approximate surface area is 154 Å². The largest absolute Gasteiger partial charge is 0.493 e. The van der Waals surface area contributed by atoms with Gasteiger partial charge in [0.2, 0.25) is 5.55 Å². The second-order valence-electron chi connectivity index (χ2n) is 5.59. The van der Waals surface area contributed by atoms with Crippen LogP contribution >= 0.6 is 0 Å². The molecule has 0 saturated heterocycles. The van der Waals surface area contributed by atoms with Crippen molar-refractivity contribution in [2.75, 3.05) is 7.11 Å². The molecular weight excluding hydrogens is 348 g/mol. The van der Waals surface area contributed by atoms with Gasteiger partial charge in [-0.2, -0.15) is 0 Å². The highest BCUT2D eigenvalue weighted by atomic mass is 16.5. The third-order valence-corrected chi connectivity index (χ3v) is 3.74. The lowest BCUT2D eigenvalue weighted by Gasteiger charge is -2.06. The fourth-order valence-electron chi connectivity index (χ4n) is 2.53. The first-order valence-electron chi connectivity index (χ1n) is 7.94. The molecule has 0 radical (unpaired) electrons. The van der Waals surface area contributed by atoms with Crippen LogP contribution in [0.4, 0.5) is 5.69 Å². The average molecular weight is 364 g/mol. The van der Waals surface area contributed by atoms with Crippen molar-refractivity contribution < 1.29 is 23.8 Å². The number of para-hydroxylation sites is 1. The van der Waals surface area contributed by atoms with E-state index < -0.39 is 11.9 Å². The van der Waals surface area contributed by atoms with E-state index in [1.807, 2.05) is 0 Å². The van der Waals surface area contributed by atoms with Gasteiger partial charge in [-0.05, 0) is 35.9 Å². The van der Waals surface area contributed by atoms with Crippen molar-refractivity contribution in [1.29, 1.82) is 0 Å². The molecule has 3 aromatic rings. The molecule has 1 amide bonds. The predicted octanol–water partition coefficient (Wildman–Crippen LogP) is 2.87. The monoisotopic (exact) mass is 364 g/mol. The summed E-state index contributed by atoms with van der Waals surface area (Å²) in [4.78, 5) is 26.9. The summed E-state index contributed by atoms with van der Waals surface area (Å²) in [6.45, 7) is 0. The highest BCUT2D eigenvalue weighted by Crippen LogP contribution is 2.25. The molecule has 0 aliphatic carbocycles. The minimum Gasteiger partial charge on any atom is -0.493 e. The molecule has 0 spiro atoms. The number of carboxylic acid groups (broad SMARTS) is 1. The van der Waals surface area contributed by atoms with Crippen LogP contribution < -0.4 is 16.0 Å². The number of carbonyl (C=O) groups is 2. The molecule has 3 rings (SSSR count). The van der Waals surface area contributed by atoms with Crippen molar-refractivity contribution in [2.24, 2.45) is 10.7 Å². The number of hydrogen-bond acceptors (Lipinski definition) is 5. The highest BCUT2D eigenvalue weighted by Gasteiger charge is 2.12.